The number of pyridine rings is 1. The molecule has 0 aliphatic heterocycles. The van der Waals surface area contributed by atoms with E-state index in [0.29, 0.717) is 0 Å². The lowest BCUT2D eigenvalue weighted by atomic mass is 10.1. The summed E-state index contributed by atoms with van der Waals surface area (Å²) in [5.41, 5.74) is 3.73. The predicted octanol–water partition coefficient (Wildman–Crippen LogP) is 1.49. The number of nitrogens with zero attached hydrogens (tertiary/aromatic N) is 2. The Morgan fingerprint density at radius 3 is 2.64 bits per heavy atom. The standard InChI is InChI=1S/C8H6F3N3/c9-7(10)5-1-4(2-12)14-8(11)6(5)3-13/h1,7H,2,12H2. The molecular formula is C8H6F3N3. The average molecular weight is 201 g/mol. The van der Waals surface area contributed by atoms with Crippen LogP contribution in [0.5, 0.6) is 0 Å². The topological polar surface area (TPSA) is 62.7 Å². The third kappa shape index (κ3) is 1.83. The first-order valence-electron chi connectivity index (χ1n) is 3.67. The van der Waals surface area contributed by atoms with Gasteiger partial charge in [-0.2, -0.15) is 9.65 Å². The van der Waals surface area contributed by atoms with Gasteiger partial charge < -0.3 is 5.73 Å². The molecule has 0 fully saturated rings. The highest BCUT2D eigenvalue weighted by Crippen LogP contribution is 2.24. The molecule has 0 radical (unpaired) electrons. The van der Waals surface area contributed by atoms with Crippen molar-refractivity contribution in [2.75, 3.05) is 0 Å². The molecule has 0 bridgehead atoms. The van der Waals surface area contributed by atoms with Crippen molar-refractivity contribution in [3.05, 3.63) is 28.8 Å². The van der Waals surface area contributed by atoms with Crippen LogP contribution in [0.4, 0.5) is 13.2 Å². The maximum absolute atomic E-state index is 12.9. The van der Waals surface area contributed by atoms with Gasteiger partial charge in [0.05, 0.1) is 5.69 Å². The van der Waals surface area contributed by atoms with Crippen molar-refractivity contribution in [1.29, 1.82) is 5.26 Å². The Hall–Kier alpha value is -1.61. The summed E-state index contributed by atoms with van der Waals surface area (Å²) in [4.78, 5) is 3.26. The summed E-state index contributed by atoms with van der Waals surface area (Å²) in [6.07, 6.45) is -2.91. The second-order valence-electron chi connectivity index (χ2n) is 2.49. The smallest absolute Gasteiger partial charge is 0.265 e. The molecule has 0 aliphatic carbocycles. The number of hydrogen-bond acceptors (Lipinski definition) is 3. The molecular weight excluding hydrogens is 195 g/mol. The first-order valence-corrected chi connectivity index (χ1v) is 3.67. The van der Waals surface area contributed by atoms with Crippen molar-refractivity contribution in [1.82, 2.24) is 4.98 Å². The lowest BCUT2D eigenvalue weighted by Gasteiger charge is -2.05. The van der Waals surface area contributed by atoms with Crippen molar-refractivity contribution < 1.29 is 13.2 Å². The van der Waals surface area contributed by atoms with E-state index < -0.39 is 23.5 Å². The molecule has 1 aromatic heterocycles. The van der Waals surface area contributed by atoms with Crippen LogP contribution in [0, 0.1) is 17.3 Å². The van der Waals surface area contributed by atoms with E-state index >= 15 is 0 Å². The summed E-state index contributed by atoms with van der Waals surface area (Å²) >= 11 is 0. The summed E-state index contributed by atoms with van der Waals surface area (Å²) in [5, 5.41) is 8.42. The van der Waals surface area contributed by atoms with E-state index in [-0.39, 0.29) is 12.2 Å². The zero-order chi connectivity index (χ0) is 10.7. The van der Waals surface area contributed by atoms with Gasteiger partial charge >= 0.3 is 0 Å². The molecule has 74 valence electrons. The normalized spacial score (nSPS) is 10.3. The molecule has 6 heteroatoms. The van der Waals surface area contributed by atoms with Crippen LogP contribution < -0.4 is 5.73 Å². The first-order chi connectivity index (χ1) is 6.60. The molecule has 3 nitrogen and oxygen atoms in total. The van der Waals surface area contributed by atoms with Gasteiger partial charge in [0, 0.05) is 12.1 Å². The predicted molar refractivity (Wildman–Crippen MR) is 41.8 cm³/mol. The Bertz CT molecular complexity index is 384. The summed E-state index contributed by atoms with van der Waals surface area (Å²) in [7, 11) is 0. The maximum atomic E-state index is 12.9. The number of aromatic nitrogens is 1. The van der Waals surface area contributed by atoms with Crippen molar-refractivity contribution in [3.8, 4) is 6.07 Å². The zero-order valence-electron chi connectivity index (χ0n) is 6.97. The molecule has 0 amide bonds. The van der Waals surface area contributed by atoms with Crippen LogP contribution in [0.25, 0.3) is 0 Å². The lowest BCUT2D eigenvalue weighted by molar-refractivity contribution is 0.150. The molecule has 1 rings (SSSR count). The van der Waals surface area contributed by atoms with Crippen molar-refractivity contribution in [2.24, 2.45) is 5.73 Å². The minimum Gasteiger partial charge on any atom is -0.325 e. The number of alkyl halides is 2. The van der Waals surface area contributed by atoms with Crippen LogP contribution in [0.2, 0.25) is 0 Å². The highest BCUT2D eigenvalue weighted by atomic mass is 19.3. The zero-order valence-corrected chi connectivity index (χ0v) is 6.97. The molecule has 0 unspecified atom stereocenters. The molecule has 0 saturated heterocycles. The van der Waals surface area contributed by atoms with E-state index in [1.165, 1.54) is 6.07 Å². The third-order valence-corrected chi connectivity index (χ3v) is 1.61. The van der Waals surface area contributed by atoms with Crippen LogP contribution in [-0.4, -0.2) is 4.98 Å². The Morgan fingerprint density at radius 1 is 1.57 bits per heavy atom. The molecule has 0 saturated carbocycles. The highest BCUT2D eigenvalue weighted by Gasteiger charge is 2.18. The maximum Gasteiger partial charge on any atom is 0.265 e. The van der Waals surface area contributed by atoms with Gasteiger partial charge in [0.2, 0.25) is 5.95 Å². The second-order valence-corrected chi connectivity index (χ2v) is 2.49. The highest BCUT2D eigenvalue weighted by molar-refractivity contribution is 5.38. The average Bonchev–Trinajstić information content (AvgIpc) is 2.16. The van der Waals surface area contributed by atoms with Crippen LogP contribution in [0.3, 0.4) is 0 Å². The van der Waals surface area contributed by atoms with E-state index in [4.69, 9.17) is 11.0 Å². The van der Waals surface area contributed by atoms with E-state index in [1.54, 1.807) is 0 Å². The quantitative estimate of drug-likeness (QED) is 0.737. The van der Waals surface area contributed by atoms with Gasteiger partial charge in [-0.3, -0.25) is 0 Å². The van der Waals surface area contributed by atoms with E-state index in [9.17, 15) is 13.2 Å². The first kappa shape index (κ1) is 10.5. The molecule has 1 heterocycles. The molecule has 0 atom stereocenters. The fourth-order valence-electron chi connectivity index (χ4n) is 0.972. The van der Waals surface area contributed by atoms with Crippen LogP contribution in [-0.2, 0) is 6.54 Å². The summed E-state index contributed by atoms with van der Waals surface area (Å²) in [6.45, 7) is -0.150. The summed E-state index contributed by atoms with van der Waals surface area (Å²) < 4.78 is 37.6. The van der Waals surface area contributed by atoms with Gasteiger partial charge in [-0.05, 0) is 6.07 Å². The molecule has 14 heavy (non-hydrogen) atoms. The molecule has 0 aromatic carbocycles. The van der Waals surface area contributed by atoms with E-state index in [2.05, 4.69) is 4.98 Å². The van der Waals surface area contributed by atoms with Gasteiger partial charge in [-0.1, -0.05) is 0 Å². The van der Waals surface area contributed by atoms with Gasteiger partial charge in [-0.15, -0.1) is 0 Å². The van der Waals surface area contributed by atoms with Gasteiger partial charge in [0.25, 0.3) is 6.43 Å². The molecule has 0 aliphatic rings. The number of nitrogens with two attached hydrogens (primary N) is 1. The van der Waals surface area contributed by atoms with Crippen molar-refractivity contribution >= 4 is 0 Å². The third-order valence-electron chi connectivity index (χ3n) is 1.61. The number of rotatable bonds is 2. The number of halogens is 3. The van der Waals surface area contributed by atoms with Crippen LogP contribution in [0.1, 0.15) is 23.2 Å². The fourth-order valence-corrected chi connectivity index (χ4v) is 0.972. The summed E-state index contributed by atoms with van der Waals surface area (Å²) in [6, 6.07) is 2.27. The van der Waals surface area contributed by atoms with Crippen LogP contribution >= 0.6 is 0 Å². The second kappa shape index (κ2) is 4.07. The van der Waals surface area contributed by atoms with E-state index in [0.717, 1.165) is 6.07 Å². The number of hydrogen-bond donors (Lipinski definition) is 1. The lowest BCUT2D eigenvalue weighted by Crippen LogP contribution is -2.06. The number of nitriles is 1. The SMILES string of the molecule is N#Cc1c(C(F)F)cc(CN)nc1F. The minimum atomic E-state index is -2.91. The molecule has 1 aromatic rings. The molecule has 2 N–H and O–H groups in total. The Morgan fingerprint density at radius 2 is 2.21 bits per heavy atom. The minimum absolute atomic E-state index is 0.00296. The molecule has 0 spiro atoms. The van der Waals surface area contributed by atoms with Crippen LogP contribution in [0.15, 0.2) is 6.07 Å². The summed E-state index contributed by atoms with van der Waals surface area (Å²) in [5.74, 6) is -1.20. The van der Waals surface area contributed by atoms with Gasteiger partial charge in [-0.25, -0.2) is 13.8 Å². The van der Waals surface area contributed by atoms with Gasteiger partial charge in [0.15, 0.2) is 0 Å². The van der Waals surface area contributed by atoms with E-state index in [1.807, 2.05) is 0 Å². The Kier molecular flexibility index (Phi) is 3.04. The monoisotopic (exact) mass is 201 g/mol. The fraction of sp³-hybridized carbons (Fsp3) is 0.250. The Labute approximate surface area is 78.0 Å². The Balaban J connectivity index is 3.37. The largest absolute Gasteiger partial charge is 0.325 e. The van der Waals surface area contributed by atoms with Crippen molar-refractivity contribution in [2.45, 2.75) is 13.0 Å². The van der Waals surface area contributed by atoms with Gasteiger partial charge in [0.1, 0.15) is 11.6 Å². The van der Waals surface area contributed by atoms with Crippen molar-refractivity contribution in [3.63, 3.8) is 0 Å².